The molecule has 0 nitrogen and oxygen atoms in total. The van der Waals surface area contributed by atoms with Gasteiger partial charge in [0.25, 0.3) is 0 Å². The first-order valence-corrected chi connectivity index (χ1v) is 11.4. The van der Waals surface area contributed by atoms with E-state index in [4.69, 9.17) is 0 Å². The lowest BCUT2D eigenvalue weighted by atomic mass is 10.1. The molecule has 0 heteroatoms. The second-order valence-corrected chi connectivity index (χ2v) is 6.98. The summed E-state index contributed by atoms with van der Waals surface area (Å²) in [7, 11) is 0. The van der Waals surface area contributed by atoms with Crippen LogP contribution in [0.4, 0.5) is 0 Å². The lowest BCUT2D eigenvalue weighted by Gasteiger charge is -2.00. The fourth-order valence-corrected chi connectivity index (χ4v) is 2.66. The molecule has 0 spiro atoms. The highest BCUT2D eigenvalue weighted by Gasteiger charge is 1.90. The maximum atomic E-state index is 3.62. The Labute approximate surface area is 181 Å². The summed E-state index contributed by atoms with van der Waals surface area (Å²) in [5.41, 5.74) is 0. The lowest BCUT2D eigenvalue weighted by molar-refractivity contribution is 0.566. The zero-order valence-electron chi connectivity index (χ0n) is 18.6. The van der Waals surface area contributed by atoms with Crippen molar-refractivity contribution < 1.29 is 0 Å². The Morgan fingerprint density at radius 2 is 0.759 bits per heavy atom. The van der Waals surface area contributed by atoms with Crippen LogP contribution >= 0.6 is 0 Å². The molecule has 0 saturated heterocycles. The maximum Gasteiger partial charge on any atom is -0.0348 e. The summed E-state index contributed by atoms with van der Waals surface area (Å²) in [5, 5.41) is 0. The Balaban J connectivity index is 3.59. The first-order chi connectivity index (χ1) is 14.4. The lowest BCUT2D eigenvalue weighted by Crippen LogP contribution is -1.80. The minimum atomic E-state index is 1.20. The number of hydrogen-bond donors (Lipinski definition) is 0. The van der Waals surface area contributed by atoms with E-state index in [1.54, 1.807) is 6.08 Å². The van der Waals surface area contributed by atoms with Crippen LogP contribution in [0.25, 0.3) is 0 Å². The predicted octanol–water partition coefficient (Wildman–Crippen LogP) is 9.54. The van der Waals surface area contributed by atoms with Gasteiger partial charge in [-0.1, -0.05) is 168 Å². The first kappa shape index (κ1) is 26.7. The van der Waals surface area contributed by atoms with Gasteiger partial charge >= 0.3 is 0 Å². The summed E-state index contributed by atoms with van der Waals surface area (Å²) in [5.74, 6) is 0. The molecule has 0 fully saturated rings. The van der Waals surface area contributed by atoms with Crippen molar-refractivity contribution in [3.05, 3.63) is 110 Å². The molecule has 0 aromatic rings. The maximum absolute atomic E-state index is 3.62. The van der Waals surface area contributed by atoms with E-state index in [-0.39, 0.29) is 0 Å². The van der Waals surface area contributed by atoms with E-state index >= 15 is 0 Å². The Morgan fingerprint density at radius 1 is 0.414 bits per heavy atom. The third-order valence-electron chi connectivity index (χ3n) is 4.30. The van der Waals surface area contributed by atoms with Crippen LogP contribution in [0.2, 0.25) is 0 Å². The average Bonchev–Trinajstić information content (AvgIpc) is 2.74. The van der Waals surface area contributed by atoms with Crippen molar-refractivity contribution in [2.45, 2.75) is 71.1 Å². The van der Waals surface area contributed by atoms with Crippen molar-refractivity contribution in [2.75, 3.05) is 0 Å². The van der Waals surface area contributed by atoms with Gasteiger partial charge in [0.05, 0.1) is 0 Å². The van der Waals surface area contributed by atoms with Crippen molar-refractivity contribution in [3.8, 4) is 0 Å². The summed E-state index contributed by atoms with van der Waals surface area (Å²) in [4.78, 5) is 0. The van der Waals surface area contributed by atoms with Gasteiger partial charge in [0.2, 0.25) is 0 Å². The summed E-state index contributed by atoms with van der Waals surface area (Å²) in [6.07, 6.45) is 48.1. The quantitative estimate of drug-likeness (QED) is 0.161. The normalized spacial score (nSPS) is 13.4. The summed E-state index contributed by atoms with van der Waals surface area (Å²) >= 11 is 0. The molecule has 0 amide bonds. The first-order valence-electron chi connectivity index (χ1n) is 11.4. The van der Waals surface area contributed by atoms with E-state index in [0.717, 1.165) is 0 Å². The molecule has 0 unspecified atom stereocenters. The second-order valence-electron chi connectivity index (χ2n) is 6.98. The molecule has 0 rings (SSSR count). The van der Waals surface area contributed by atoms with Crippen LogP contribution < -0.4 is 0 Å². The molecular formula is C29H42. The Morgan fingerprint density at radius 3 is 1.17 bits per heavy atom. The second kappa shape index (κ2) is 25.7. The zero-order valence-corrected chi connectivity index (χ0v) is 18.6. The highest BCUT2D eigenvalue weighted by atomic mass is 14.0. The van der Waals surface area contributed by atoms with Gasteiger partial charge in [0.15, 0.2) is 0 Å². The number of allylic oxidation sites excluding steroid dienone is 17. The van der Waals surface area contributed by atoms with Crippen LogP contribution in [-0.4, -0.2) is 0 Å². The van der Waals surface area contributed by atoms with Gasteiger partial charge in [-0.05, 0) is 12.8 Å². The van der Waals surface area contributed by atoms with Crippen molar-refractivity contribution in [3.63, 3.8) is 0 Å². The number of rotatable bonds is 18. The van der Waals surface area contributed by atoms with E-state index in [0.29, 0.717) is 0 Å². The monoisotopic (exact) mass is 390 g/mol. The van der Waals surface area contributed by atoms with Gasteiger partial charge in [0.1, 0.15) is 0 Å². The van der Waals surface area contributed by atoms with Crippen molar-refractivity contribution in [2.24, 2.45) is 0 Å². The van der Waals surface area contributed by atoms with E-state index in [2.05, 4.69) is 43.9 Å². The Hall–Kier alpha value is -2.34. The molecule has 0 aliphatic rings. The van der Waals surface area contributed by atoms with Crippen molar-refractivity contribution >= 4 is 0 Å². The van der Waals surface area contributed by atoms with E-state index in [1.807, 2.05) is 66.8 Å². The summed E-state index contributed by atoms with van der Waals surface area (Å²) < 4.78 is 0. The van der Waals surface area contributed by atoms with Crippen LogP contribution in [0.5, 0.6) is 0 Å². The number of hydrogen-bond acceptors (Lipinski definition) is 0. The fourth-order valence-electron chi connectivity index (χ4n) is 2.66. The van der Waals surface area contributed by atoms with Crippen molar-refractivity contribution in [1.29, 1.82) is 0 Å². The van der Waals surface area contributed by atoms with Gasteiger partial charge in [0, 0.05) is 0 Å². The minimum absolute atomic E-state index is 1.20. The molecule has 0 aliphatic carbocycles. The molecule has 0 saturated carbocycles. The molecule has 29 heavy (non-hydrogen) atoms. The van der Waals surface area contributed by atoms with Gasteiger partial charge in [-0.2, -0.15) is 0 Å². The molecule has 0 heterocycles. The molecule has 0 N–H and O–H groups in total. The molecule has 158 valence electrons. The van der Waals surface area contributed by atoms with Gasteiger partial charge in [-0.25, -0.2) is 0 Å². The molecule has 0 aromatic heterocycles. The standard InChI is InChI=1S/C29H42/c1-3-5-7-9-11-13-15-17-19-21-23-25-27-29-28-26-24-22-20-18-16-14-12-10-8-6-4-2/h3,5,7,9,11,13,15,17,19,21,23-29H,1,4,6,8,10,12,14,16,18,20,22H2,2H3. The molecule has 0 bridgehead atoms. The predicted molar refractivity (Wildman–Crippen MR) is 135 cm³/mol. The van der Waals surface area contributed by atoms with Crippen LogP contribution in [0, 0.1) is 0 Å². The zero-order chi connectivity index (χ0) is 21.1. The average molecular weight is 391 g/mol. The topological polar surface area (TPSA) is 0 Å². The Kier molecular flexibility index (Phi) is 23.6. The molecule has 0 aromatic carbocycles. The largest absolute Gasteiger partial charge is 0.0991 e. The molecule has 0 radical (unpaired) electrons. The van der Waals surface area contributed by atoms with Gasteiger partial charge < -0.3 is 0 Å². The molecule has 0 aliphatic heterocycles. The van der Waals surface area contributed by atoms with Crippen molar-refractivity contribution in [1.82, 2.24) is 0 Å². The fraction of sp³-hybridized carbons (Fsp3) is 0.379. The summed E-state index contributed by atoms with van der Waals surface area (Å²) in [6.45, 7) is 5.90. The third-order valence-corrected chi connectivity index (χ3v) is 4.30. The molecule has 0 atom stereocenters. The van der Waals surface area contributed by atoms with Crippen LogP contribution in [0.3, 0.4) is 0 Å². The SMILES string of the molecule is C=CC=CC=CC=CC=CC=CC=CC=CC=CCCCCCCCCCCC. The van der Waals surface area contributed by atoms with Crippen LogP contribution in [-0.2, 0) is 0 Å². The molecular weight excluding hydrogens is 348 g/mol. The van der Waals surface area contributed by atoms with Gasteiger partial charge in [-0.3, -0.25) is 0 Å². The smallest absolute Gasteiger partial charge is 0.0348 e. The highest BCUT2D eigenvalue weighted by molar-refractivity contribution is 5.21. The van der Waals surface area contributed by atoms with Crippen LogP contribution in [0.15, 0.2) is 110 Å². The Bertz CT molecular complexity index is 573. The van der Waals surface area contributed by atoms with E-state index in [9.17, 15) is 0 Å². The summed E-state index contributed by atoms with van der Waals surface area (Å²) in [6, 6.07) is 0. The number of unbranched alkanes of at least 4 members (excludes halogenated alkanes) is 9. The third kappa shape index (κ3) is 25.7. The van der Waals surface area contributed by atoms with E-state index < -0.39 is 0 Å². The van der Waals surface area contributed by atoms with Gasteiger partial charge in [-0.15, -0.1) is 0 Å². The van der Waals surface area contributed by atoms with Crippen LogP contribution in [0.1, 0.15) is 71.1 Å². The van der Waals surface area contributed by atoms with E-state index in [1.165, 1.54) is 64.2 Å². The minimum Gasteiger partial charge on any atom is -0.0991 e. The highest BCUT2D eigenvalue weighted by Crippen LogP contribution is 2.10.